The number of allylic oxidation sites excluding steroid dienone is 1. The van der Waals surface area contributed by atoms with Crippen molar-refractivity contribution in [2.45, 2.75) is 19.0 Å². The number of aromatic nitrogens is 3. The predicted octanol–water partition coefficient (Wildman–Crippen LogP) is 3.72. The van der Waals surface area contributed by atoms with Gasteiger partial charge < -0.3 is 14.2 Å². The van der Waals surface area contributed by atoms with E-state index in [-0.39, 0.29) is 18.1 Å². The number of aryl methyl sites for hydroxylation is 1. The van der Waals surface area contributed by atoms with Crippen LogP contribution in [0.1, 0.15) is 33.3 Å². The summed E-state index contributed by atoms with van der Waals surface area (Å²) in [5, 5.41) is 0.445. The van der Waals surface area contributed by atoms with Crippen LogP contribution in [0.5, 0.6) is 11.5 Å². The lowest BCUT2D eigenvalue weighted by Crippen LogP contribution is -2.45. The molecule has 168 valence electrons. The number of carbonyl (C=O) groups is 2. The van der Waals surface area contributed by atoms with Gasteiger partial charge in [-0.05, 0) is 47.8 Å². The summed E-state index contributed by atoms with van der Waals surface area (Å²) in [6.45, 7) is 3.63. The Hall–Kier alpha value is -3.72. The summed E-state index contributed by atoms with van der Waals surface area (Å²) in [6, 6.07) is 8.85. The Kier molecular flexibility index (Phi) is 6.41. The van der Waals surface area contributed by atoms with Gasteiger partial charge in [0.25, 0.3) is 0 Å². The van der Waals surface area contributed by atoms with E-state index in [1.807, 2.05) is 6.07 Å². The number of carbonyl (C=O) groups excluding carboxylic acids is 2. The van der Waals surface area contributed by atoms with E-state index in [1.54, 1.807) is 63.7 Å². The molecule has 33 heavy (non-hydrogen) atoms. The SMILES string of the molecule is CCOC(=O)c1c(C)nc2[n+](c1-c1cc(OC)ccc1OC)C(=O)C(=Cc1cccnc1)S2. The second-order valence-electron chi connectivity index (χ2n) is 7.03. The molecule has 0 spiro atoms. The Morgan fingerprint density at radius 3 is 2.70 bits per heavy atom. The second kappa shape index (κ2) is 9.41. The number of hydrogen-bond donors (Lipinski definition) is 0. The molecule has 0 saturated carbocycles. The highest BCUT2D eigenvalue weighted by Gasteiger charge is 2.42. The van der Waals surface area contributed by atoms with Gasteiger partial charge in [0.2, 0.25) is 0 Å². The molecule has 1 aliphatic heterocycles. The van der Waals surface area contributed by atoms with Crippen molar-refractivity contribution in [3.05, 3.63) is 64.5 Å². The maximum absolute atomic E-state index is 13.6. The number of rotatable bonds is 6. The first kappa shape index (κ1) is 22.5. The minimum atomic E-state index is -0.569. The molecule has 9 heteroatoms. The predicted molar refractivity (Wildman–Crippen MR) is 122 cm³/mol. The summed E-state index contributed by atoms with van der Waals surface area (Å²) >= 11 is 1.23. The fraction of sp³-hybridized carbons (Fsp3) is 0.208. The first-order valence-electron chi connectivity index (χ1n) is 10.2. The molecular formula is C24H22N3O5S+. The molecule has 0 radical (unpaired) electrons. The molecule has 1 aromatic carbocycles. The van der Waals surface area contributed by atoms with Crippen molar-refractivity contribution in [3.63, 3.8) is 0 Å². The molecule has 0 amide bonds. The van der Waals surface area contributed by atoms with Gasteiger partial charge in [0.05, 0.1) is 26.4 Å². The third-order valence-corrected chi connectivity index (χ3v) is 5.98. The van der Waals surface area contributed by atoms with Crippen LogP contribution in [0.2, 0.25) is 0 Å². The molecule has 1 aliphatic rings. The zero-order valence-corrected chi connectivity index (χ0v) is 19.4. The van der Waals surface area contributed by atoms with E-state index in [9.17, 15) is 9.59 Å². The molecule has 8 nitrogen and oxygen atoms in total. The summed E-state index contributed by atoms with van der Waals surface area (Å²) in [5.41, 5.74) is 2.29. The third kappa shape index (κ3) is 4.19. The Morgan fingerprint density at radius 1 is 1.21 bits per heavy atom. The van der Waals surface area contributed by atoms with Crippen molar-refractivity contribution < 1.29 is 28.4 Å². The minimum absolute atomic E-state index is 0.184. The highest BCUT2D eigenvalue weighted by molar-refractivity contribution is 8.04. The molecule has 0 unspecified atom stereocenters. The molecule has 3 heterocycles. The van der Waals surface area contributed by atoms with E-state index in [0.29, 0.717) is 38.5 Å². The van der Waals surface area contributed by atoms with Crippen molar-refractivity contribution in [1.82, 2.24) is 9.97 Å². The average Bonchev–Trinajstić information content (AvgIpc) is 3.12. The number of pyridine rings is 1. The van der Waals surface area contributed by atoms with Crippen LogP contribution in [-0.2, 0) is 4.74 Å². The van der Waals surface area contributed by atoms with E-state index < -0.39 is 5.97 Å². The van der Waals surface area contributed by atoms with Gasteiger partial charge in [-0.25, -0.2) is 9.59 Å². The summed E-state index contributed by atoms with van der Waals surface area (Å²) in [7, 11) is 3.07. The standard InChI is InChI=1S/C24H22N3O5S/c1-5-32-23(29)20-14(2)26-24-27(21(20)17-12-16(30-3)8-9-18(17)31-4)22(28)19(33-24)11-15-7-6-10-25-13-15/h6-13H,5H2,1-4H3/q+1. The zero-order chi connectivity index (χ0) is 23.5. The van der Waals surface area contributed by atoms with Crippen LogP contribution in [0.4, 0.5) is 0 Å². The van der Waals surface area contributed by atoms with E-state index in [0.717, 1.165) is 5.56 Å². The Balaban J connectivity index is 2.00. The fourth-order valence-corrected chi connectivity index (χ4v) is 4.56. The highest BCUT2D eigenvalue weighted by Crippen LogP contribution is 2.39. The van der Waals surface area contributed by atoms with Crippen molar-refractivity contribution in [1.29, 1.82) is 0 Å². The minimum Gasteiger partial charge on any atom is -0.497 e. The number of esters is 1. The molecule has 2 aromatic heterocycles. The maximum atomic E-state index is 13.6. The first-order chi connectivity index (χ1) is 16.0. The van der Waals surface area contributed by atoms with Crippen LogP contribution in [0, 0.1) is 6.92 Å². The molecule has 0 fully saturated rings. The number of fused-ring (bicyclic) bond motifs is 1. The summed E-state index contributed by atoms with van der Waals surface area (Å²) in [5.74, 6) is 0.148. The van der Waals surface area contributed by atoms with Gasteiger partial charge in [0, 0.05) is 31.1 Å². The van der Waals surface area contributed by atoms with Gasteiger partial charge in [-0.2, -0.15) is 0 Å². The molecular weight excluding hydrogens is 442 g/mol. The van der Waals surface area contributed by atoms with Gasteiger partial charge in [0.15, 0.2) is 17.0 Å². The fourth-order valence-electron chi connectivity index (χ4n) is 3.54. The number of methoxy groups -OCH3 is 2. The number of nitrogens with zero attached hydrogens (tertiary/aromatic N) is 3. The lowest BCUT2D eigenvalue weighted by atomic mass is 10.0. The Morgan fingerprint density at radius 2 is 2.03 bits per heavy atom. The molecule has 3 aromatic rings. The maximum Gasteiger partial charge on any atom is 0.372 e. The quantitative estimate of drug-likeness (QED) is 0.236. The average molecular weight is 465 g/mol. The topological polar surface area (TPSA) is 91.5 Å². The number of ether oxygens (including phenoxy) is 3. The normalized spacial score (nSPS) is 13.7. The van der Waals surface area contributed by atoms with Crippen molar-refractivity contribution in [2.75, 3.05) is 20.8 Å². The van der Waals surface area contributed by atoms with Crippen LogP contribution in [0.25, 0.3) is 17.3 Å². The summed E-state index contributed by atoms with van der Waals surface area (Å²) in [4.78, 5) is 35.7. The summed E-state index contributed by atoms with van der Waals surface area (Å²) < 4.78 is 17.7. The van der Waals surface area contributed by atoms with Gasteiger partial charge in [-0.15, -0.1) is 4.57 Å². The lowest BCUT2D eigenvalue weighted by Gasteiger charge is -2.14. The zero-order valence-electron chi connectivity index (χ0n) is 18.6. The van der Waals surface area contributed by atoms with Gasteiger partial charge in [-0.1, -0.05) is 6.07 Å². The number of thioether (sulfide) groups is 1. The number of hydrogen-bond acceptors (Lipinski definition) is 8. The van der Waals surface area contributed by atoms with Crippen molar-refractivity contribution >= 4 is 29.7 Å². The van der Waals surface area contributed by atoms with Gasteiger partial charge >= 0.3 is 17.0 Å². The van der Waals surface area contributed by atoms with Crippen LogP contribution in [-0.4, -0.2) is 42.7 Å². The van der Waals surface area contributed by atoms with Crippen molar-refractivity contribution in [3.8, 4) is 22.8 Å². The molecule has 0 saturated heterocycles. The van der Waals surface area contributed by atoms with E-state index in [4.69, 9.17) is 14.2 Å². The first-order valence-corrected chi connectivity index (χ1v) is 11.0. The van der Waals surface area contributed by atoms with E-state index >= 15 is 0 Å². The second-order valence-corrected chi connectivity index (χ2v) is 8.04. The molecule has 0 aliphatic carbocycles. The van der Waals surface area contributed by atoms with Crippen LogP contribution >= 0.6 is 11.8 Å². The third-order valence-electron chi connectivity index (χ3n) is 5.02. The van der Waals surface area contributed by atoms with E-state index in [2.05, 4.69) is 9.97 Å². The number of benzene rings is 1. The summed E-state index contributed by atoms with van der Waals surface area (Å²) in [6.07, 6.45) is 5.09. The van der Waals surface area contributed by atoms with Crippen LogP contribution in [0.15, 0.2) is 52.8 Å². The van der Waals surface area contributed by atoms with Crippen LogP contribution < -0.4 is 14.0 Å². The van der Waals surface area contributed by atoms with Crippen LogP contribution in [0.3, 0.4) is 0 Å². The Labute approximate surface area is 195 Å². The smallest absolute Gasteiger partial charge is 0.372 e. The van der Waals surface area contributed by atoms with Crippen molar-refractivity contribution in [2.24, 2.45) is 0 Å². The van der Waals surface area contributed by atoms with Gasteiger partial charge in [-0.3, -0.25) is 4.98 Å². The Bertz CT molecular complexity index is 1270. The monoisotopic (exact) mass is 464 g/mol. The molecule has 0 N–H and O–H groups in total. The molecule has 4 rings (SSSR count). The van der Waals surface area contributed by atoms with Gasteiger partial charge in [0.1, 0.15) is 16.4 Å². The highest BCUT2D eigenvalue weighted by atomic mass is 32.2. The molecule has 0 atom stereocenters. The lowest BCUT2D eigenvalue weighted by molar-refractivity contribution is -0.601. The molecule has 0 bridgehead atoms. The van der Waals surface area contributed by atoms with E-state index in [1.165, 1.54) is 23.4 Å². The largest absolute Gasteiger partial charge is 0.497 e.